The van der Waals surface area contributed by atoms with Crippen molar-refractivity contribution < 1.29 is 28.6 Å². The second-order valence-electron chi connectivity index (χ2n) is 6.34. The van der Waals surface area contributed by atoms with Gasteiger partial charge in [0, 0.05) is 5.69 Å². The molecule has 0 radical (unpaired) electrons. The Labute approximate surface area is 172 Å². The predicted molar refractivity (Wildman–Crippen MR) is 105 cm³/mol. The molecule has 2 N–H and O–H groups in total. The number of amides is 2. The molecule has 0 unspecified atom stereocenters. The van der Waals surface area contributed by atoms with Crippen molar-refractivity contribution in [3.63, 3.8) is 0 Å². The summed E-state index contributed by atoms with van der Waals surface area (Å²) in [5.74, 6) is -0.316. The molecule has 1 atom stereocenters. The monoisotopic (exact) mass is 409 g/mol. The summed E-state index contributed by atoms with van der Waals surface area (Å²) in [5, 5.41) is 13.6. The summed E-state index contributed by atoms with van der Waals surface area (Å²) in [7, 11) is 0. The molecule has 2 aromatic carbocycles. The fraction of sp³-hybridized carbons (Fsp3) is 0.238. The summed E-state index contributed by atoms with van der Waals surface area (Å²) in [6.07, 6.45) is -0.605. The van der Waals surface area contributed by atoms with Crippen molar-refractivity contribution in [2.24, 2.45) is 0 Å². The van der Waals surface area contributed by atoms with Crippen LogP contribution in [0, 0.1) is 11.3 Å². The number of hydrogen-bond acceptors (Lipinski definition) is 7. The van der Waals surface area contributed by atoms with E-state index in [2.05, 4.69) is 10.6 Å². The Kier molecular flexibility index (Phi) is 6.84. The zero-order chi connectivity index (χ0) is 21.3. The number of hydrogen-bond donors (Lipinski definition) is 2. The third kappa shape index (κ3) is 5.72. The van der Waals surface area contributed by atoms with Crippen LogP contribution in [0.5, 0.6) is 11.5 Å². The highest BCUT2D eigenvalue weighted by Gasteiger charge is 2.21. The molecule has 9 heteroatoms. The van der Waals surface area contributed by atoms with Crippen LogP contribution in [0.1, 0.15) is 16.8 Å². The molecule has 1 aliphatic heterocycles. The number of anilines is 1. The van der Waals surface area contributed by atoms with E-state index in [1.165, 1.54) is 24.3 Å². The fourth-order valence-electron chi connectivity index (χ4n) is 2.62. The lowest BCUT2D eigenvalue weighted by atomic mass is 10.2. The van der Waals surface area contributed by atoms with E-state index >= 15 is 0 Å². The number of fused-ring (bicyclic) bond motifs is 1. The van der Waals surface area contributed by atoms with Crippen molar-refractivity contribution in [3.05, 3.63) is 54.1 Å². The summed E-state index contributed by atoms with van der Waals surface area (Å²) in [4.78, 5) is 35.4. The van der Waals surface area contributed by atoms with Gasteiger partial charge < -0.3 is 24.8 Å². The summed E-state index contributed by atoms with van der Waals surface area (Å²) in [6, 6.07) is 14.9. The van der Waals surface area contributed by atoms with Gasteiger partial charge in [0.1, 0.15) is 19.1 Å². The first kappa shape index (κ1) is 20.7. The van der Waals surface area contributed by atoms with E-state index in [1.54, 1.807) is 18.2 Å². The Morgan fingerprint density at radius 3 is 2.53 bits per heavy atom. The van der Waals surface area contributed by atoms with Gasteiger partial charge in [0.15, 0.2) is 18.1 Å². The number of carbonyl (C=O) groups is 3. The minimum atomic E-state index is -0.675. The SMILES string of the molecule is N#CCC(=O)Nc1ccc(C(=O)OCC(=O)NC[C@@H]2COc3ccccc3O2)cc1. The van der Waals surface area contributed by atoms with Crippen LogP contribution in [-0.2, 0) is 14.3 Å². The zero-order valence-corrected chi connectivity index (χ0v) is 15.9. The lowest BCUT2D eigenvalue weighted by molar-refractivity contribution is -0.124. The molecular weight excluding hydrogens is 390 g/mol. The summed E-state index contributed by atoms with van der Waals surface area (Å²) >= 11 is 0. The highest BCUT2D eigenvalue weighted by Crippen LogP contribution is 2.30. The molecule has 1 aliphatic rings. The van der Waals surface area contributed by atoms with Crippen molar-refractivity contribution in [1.29, 1.82) is 5.26 Å². The van der Waals surface area contributed by atoms with Crippen LogP contribution >= 0.6 is 0 Å². The molecule has 30 heavy (non-hydrogen) atoms. The van der Waals surface area contributed by atoms with E-state index in [4.69, 9.17) is 19.5 Å². The first-order valence-electron chi connectivity index (χ1n) is 9.14. The van der Waals surface area contributed by atoms with Gasteiger partial charge in [-0.05, 0) is 36.4 Å². The van der Waals surface area contributed by atoms with Crippen molar-refractivity contribution in [1.82, 2.24) is 5.32 Å². The van der Waals surface area contributed by atoms with Crippen molar-refractivity contribution in [2.45, 2.75) is 12.5 Å². The highest BCUT2D eigenvalue weighted by atomic mass is 16.6. The van der Waals surface area contributed by atoms with Gasteiger partial charge in [-0.25, -0.2) is 4.79 Å². The van der Waals surface area contributed by atoms with Crippen molar-refractivity contribution >= 4 is 23.5 Å². The van der Waals surface area contributed by atoms with Gasteiger partial charge in [-0.3, -0.25) is 9.59 Å². The standard InChI is InChI=1S/C21H19N3O6/c22-10-9-19(25)24-15-7-5-14(6-8-15)21(27)29-13-20(26)23-11-16-12-28-17-3-1-2-4-18(17)30-16/h1-8,16H,9,11-13H2,(H,23,26)(H,24,25)/t16-/m1/s1. The van der Waals surface area contributed by atoms with Crippen LogP contribution in [0.3, 0.4) is 0 Å². The van der Waals surface area contributed by atoms with Crippen LogP contribution < -0.4 is 20.1 Å². The lowest BCUT2D eigenvalue weighted by Crippen LogP contribution is -2.42. The third-order valence-corrected chi connectivity index (χ3v) is 4.07. The molecule has 0 aromatic heterocycles. The molecule has 0 spiro atoms. The zero-order valence-electron chi connectivity index (χ0n) is 15.9. The van der Waals surface area contributed by atoms with Crippen molar-refractivity contribution in [3.8, 4) is 17.6 Å². The molecule has 1 heterocycles. The molecule has 2 amide bonds. The summed E-state index contributed by atoms with van der Waals surface area (Å²) < 4.78 is 16.3. The smallest absolute Gasteiger partial charge is 0.338 e. The van der Waals surface area contributed by atoms with Gasteiger partial charge >= 0.3 is 5.97 Å². The quantitative estimate of drug-likeness (QED) is 0.666. The lowest BCUT2D eigenvalue weighted by Gasteiger charge is -2.26. The molecule has 0 bridgehead atoms. The van der Waals surface area contributed by atoms with Crippen LogP contribution in [0.4, 0.5) is 5.69 Å². The molecule has 9 nitrogen and oxygen atoms in total. The first-order chi connectivity index (χ1) is 14.5. The second kappa shape index (κ2) is 9.93. The second-order valence-corrected chi connectivity index (χ2v) is 6.34. The van der Waals surface area contributed by atoms with Gasteiger partial charge in [-0.15, -0.1) is 0 Å². The molecule has 3 rings (SSSR count). The number of rotatable bonds is 7. The Morgan fingerprint density at radius 1 is 1.07 bits per heavy atom. The average Bonchev–Trinajstić information content (AvgIpc) is 2.76. The van der Waals surface area contributed by atoms with Gasteiger partial charge in [-0.1, -0.05) is 12.1 Å². The van der Waals surface area contributed by atoms with E-state index in [-0.39, 0.29) is 24.6 Å². The summed E-state index contributed by atoms with van der Waals surface area (Å²) in [5.41, 5.74) is 0.669. The number of esters is 1. The largest absolute Gasteiger partial charge is 0.486 e. The molecular formula is C21H19N3O6. The minimum absolute atomic E-state index is 0.210. The van der Waals surface area contributed by atoms with Gasteiger partial charge in [0.2, 0.25) is 5.91 Å². The first-order valence-corrected chi connectivity index (χ1v) is 9.14. The van der Waals surface area contributed by atoms with E-state index in [0.29, 0.717) is 23.8 Å². The number of para-hydroxylation sites is 2. The molecule has 0 aliphatic carbocycles. The summed E-state index contributed by atoms with van der Waals surface area (Å²) in [6.45, 7) is 0.0692. The Hall–Kier alpha value is -4.06. The van der Waals surface area contributed by atoms with Crippen LogP contribution in [-0.4, -0.2) is 43.6 Å². The third-order valence-electron chi connectivity index (χ3n) is 4.07. The van der Waals surface area contributed by atoms with Gasteiger partial charge in [0.05, 0.1) is 18.2 Å². The maximum absolute atomic E-state index is 12.1. The van der Waals surface area contributed by atoms with Crippen LogP contribution in [0.15, 0.2) is 48.5 Å². The van der Waals surface area contributed by atoms with E-state index in [9.17, 15) is 14.4 Å². The van der Waals surface area contributed by atoms with Crippen molar-refractivity contribution in [2.75, 3.05) is 25.1 Å². The van der Waals surface area contributed by atoms with E-state index in [0.717, 1.165) is 0 Å². The normalized spacial score (nSPS) is 14.2. The Bertz CT molecular complexity index is 967. The average molecular weight is 409 g/mol. The number of carbonyl (C=O) groups excluding carboxylic acids is 3. The Balaban J connectivity index is 1.40. The molecule has 0 saturated heterocycles. The van der Waals surface area contributed by atoms with E-state index < -0.39 is 24.4 Å². The highest BCUT2D eigenvalue weighted by molar-refractivity contribution is 5.94. The number of nitrogens with zero attached hydrogens (tertiary/aromatic N) is 1. The number of nitrogens with one attached hydrogen (secondary N) is 2. The van der Waals surface area contributed by atoms with E-state index in [1.807, 2.05) is 12.1 Å². The maximum Gasteiger partial charge on any atom is 0.338 e. The molecule has 154 valence electrons. The molecule has 0 fully saturated rings. The fourth-order valence-corrected chi connectivity index (χ4v) is 2.62. The van der Waals surface area contributed by atoms with Gasteiger partial charge in [-0.2, -0.15) is 5.26 Å². The van der Waals surface area contributed by atoms with Crippen LogP contribution in [0.2, 0.25) is 0 Å². The predicted octanol–water partition coefficient (Wildman–Crippen LogP) is 1.65. The number of ether oxygens (including phenoxy) is 3. The van der Waals surface area contributed by atoms with Crippen LogP contribution in [0.25, 0.3) is 0 Å². The van der Waals surface area contributed by atoms with Gasteiger partial charge in [0.25, 0.3) is 5.91 Å². The topological polar surface area (TPSA) is 127 Å². The molecule has 2 aromatic rings. The number of nitriles is 1. The minimum Gasteiger partial charge on any atom is -0.486 e. The molecule has 0 saturated carbocycles. The Morgan fingerprint density at radius 2 is 1.80 bits per heavy atom. The maximum atomic E-state index is 12.1. The number of benzene rings is 2.